The fourth-order valence-corrected chi connectivity index (χ4v) is 4.13. The van der Waals surface area contributed by atoms with Crippen LogP contribution < -0.4 is 5.32 Å². The van der Waals surface area contributed by atoms with E-state index in [-0.39, 0.29) is 17.4 Å². The van der Waals surface area contributed by atoms with Crippen molar-refractivity contribution in [2.75, 3.05) is 31.5 Å². The topological polar surface area (TPSA) is 52.7 Å². The second kappa shape index (κ2) is 10.7. The van der Waals surface area contributed by atoms with Crippen molar-refractivity contribution < 1.29 is 18.4 Å². The van der Waals surface area contributed by atoms with Gasteiger partial charge < -0.3 is 10.2 Å². The van der Waals surface area contributed by atoms with Gasteiger partial charge >= 0.3 is 0 Å². The Balaban J connectivity index is 1.67. The van der Waals surface area contributed by atoms with Crippen LogP contribution in [0.25, 0.3) is 0 Å². The molecule has 0 bridgehead atoms. The van der Waals surface area contributed by atoms with Gasteiger partial charge in [0.2, 0.25) is 5.91 Å². The molecule has 0 atom stereocenters. The Morgan fingerprint density at radius 1 is 1.03 bits per heavy atom. The van der Waals surface area contributed by atoms with Crippen LogP contribution in [0.4, 0.5) is 14.5 Å². The minimum absolute atomic E-state index is 0.0765. The monoisotopic (exact) mass is 443 g/mol. The van der Waals surface area contributed by atoms with Crippen molar-refractivity contribution in [3.05, 3.63) is 64.7 Å². The summed E-state index contributed by atoms with van der Waals surface area (Å²) in [5, 5.41) is 2.64. The third-order valence-electron chi connectivity index (χ3n) is 6.26. The van der Waals surface area contributed by atoms with Gasteiger partial charge in [0.1, 0.15) is 11.6 Å². The van der Waals surface area contributed by atoms with Crippen LogP contribution in [0.2, 0.25) is 0 Å². The molecule has 7 heteroatoms. The Labute approximate surface area is 188 Å². The van der Waals surface area contributed by atoms with Gasteiger partial charge in [-0.05, 0) is 55.2 Å². The smallest absolute Gasteiger partial charge is 0.258 e. The highest BCUT2D eigenvalue weighted by Crippen LogP contribution is 2.24. The van der Waals surface area contributed by atoms with Crippen molar-refractivity contribution in [2.24, 2.45) is 5.92 Å². The van der Waals surface area contributed by atoms with Crippen LogP contribution in [0.15, 0.2) is 36.4 Å². The van der Waals surface area contributed by atoms with Crippen LogP contribution in [0.1, 0.15) is 48.2 Å². The zero-order chi connectivity index (χ0) is 23.3. The first kappa shape index (κ1) is 23.9. The predicted octanol–water partition coefficient (Wildman–Crippen LogP) is 4.61. The van der Waals surface area contributed by atoms with Crippen LogP contribution in [-0.2, 0) is 11.3 Å². The molecule has 1 heterocycles. The molecular formula is C25H31F2N3O2. The molecule has 0 unspecified atom stereocenters. The van der Waals surface area contributed by atoms with Crippen molar-refractivity contribution in [3.63, 3.8) is 0 Å². The quantitative estimate of drug-likeness (QED) is 0.680. The maximum atomic E-state index is 14.3. The minimum atomic E-state index is -0.625. The van der Waals surface area contributed by atoms with Crippen molar-refractivity contribution in [1.82, 2.24) is 9.80 Å². The SMILES string of the molecule is CCC(CC)C(=O)N1CCN(Cc2cc(F)cc(NC(=O)c3ccccc3F)c2C)CC1. The van der Waals surface area contributed by atoms with Crippen LogP contribution >= 0.6 is 0 Å². The number of anilines is 1. The molecule has 1 fully saturated rings. The number of benzene rings is 2. The van der Waals surface area contributed by atoms with E-state index in [0.717, 1.165) is 24.0 Å². The van der Waals surface area contributed by atoms with Crippen LogP contribution in [-0.4, -0.2) is 47.8 Å². The van der Waals surface area contributed by atoms with Crippen molar-refractivity contribution in [2.45, 2.75) is 40.2 Å². The zero-order valence-corrected chi connectivity index (χ0v) is 19.0. The van der Waals surface area contributed by atoms with E-state index in [1.165, 1.54) is 30.3 Å². The Morgan fingerprint density at radius 2 is 1.69 bits per heavy atom. The van der Waals surface area contributed by atoms with Gasteiger partial charge in [0.15, 0.2) is 0 Å². The Kier molecular flexibility index (Phi) is 7.96. The van der Waals surface area contributed by atoms with E-state index < -0.39 is 17.5 Å². The summed E-state index contributed by atoms with van der Waals surface area (Å²) in [6.07, 6.45) is 1.69. The lowest BCUT2D eigenvalue weighted by Gasteiger charge is -2.36. The normalized spacial score (nSPS) is 14.6. The van der Waals surface area contributed by atoms with Gasteiger partial charge in [0, 0.05) is 44.3 Å². The summed E-state index contributed by atoms with van der Waals surface area (Å²) in [4.78, 5) is 29.2. The first-order valence-electron chi connectivity index (χ1n) is 11.2. The summed E-state index contributed by atoms with van der Waals surface area (Å²) in [6.45, 7) is 9.13. The summed E-state index contributed by atoms with van der Waals surface area (Å²) >= 11 is 0. The number of carbonyl (C=O) groups is 2. The average molecular weight is 444 g/mol. The van der Waals surface area contributed by atoms with Crippen molar-refractivity contribution in [3.8, 4) is 0 Å². The van der Waals surface area contributed by atoms with E-state index >= 15 is 0 Å². The molecular weight excluding hydrogens is 412 g/mol. The number of amides is 2. The summed E-state index contributed by atoms with van der Waals surface area (Å²) in [6, 6.07) is 8.42. The lowest BCUT2D eigenvalue weighted by molar-refractivity contribution is -0.137. The first-order valence-corrected chi connectivity index (χ1v) is 11.2. The second-order valence-corrected chi connectivity index (χ2v) is 8.29. The summed E-state index contributed by atoms with van der Waals surface area (Å²) in [7, 11) is 0. The lowest BCUT2D eigenvalue weighted by Crippen LogP contribution is -2.49. The lowest BCUT2D eigenvalue weighted by atomic mass is 10.0. The number of nitrogens with one attached hydrogen (secondary N) is 1. The van der Waals surface area contributed by atoms with Crippen LogP contribution in [0, 0.1) is 24.5 Å². The molecule has 2 aromatic rings. The zero-order valence-electron chi connectivity index (χ0n) is 19.0. The molecule has 0 saturated carbocycles. The molecule has 0 radical (unpaired) electrons. The maximum absolute atomic E-state index is 14.3. The number of halogens is 2. The van der Waals surface area contributed by atoms with Crippen molar-refractivity contribution in [1.29, 1.82) is 0 Å². The third-order valence-corrected chi connectivity index (χ3v) is 6.26. The van der Waals surface area contributed by atoms with Gasteiger partial charge in [-0.2, -0.15) is 0 Å². The number of nitrogens with zero attached hydrogens (tertiary/aromatic N) is 2. The van der Waals surface area contributed by atoms with Gasteiger partial charge in [-0.3, -0.25) is 14.5 Å². The molecule has 0 aromatic heterocycles. The fraction of sp³-hybridized carbons (Fsp3) is 0.440. The van der Waals surface area contributed by atoms with E-state index in [1.54, 1.807) is 6.07 Å². The molecule has 2 aromatic carbocycles. The maximum Gasteiger partial charge on any atom is 0.258 e. The number of piperazine rings is 1. The number of hydrogen-bond acceptors (Lipinski definition) is 3. The molecule has 2 amide bonds. The van der Waals surface area contributed by atoms with Gasteiger partial charge in [-0.1, -0.05) is 26.0 Å². The highest BCUT2D eigenvalue weighted by molar-refractivity contribution is 6.04. The molecule has 0 aliphatic carbocycles. The molecule has 5 nitrogen and oxygen atoms in total. The van der Waals surface area contributed by atoms with E-state index in [1.807, 2.05) is 25.7 Å². The number of carbonyl (C=O) groups excluding carboxylic acids is 2. The molecule has 0 spiro atoms. The highest BCUT2D eigenvalue weighted by atomic mass is 19.1. The summed E-state index contributed by atoms with van der Waals surface area (Å²) in [5.74, 6) is -1.41. The molecule has 1 aliphatic heterocycles. The summed E-state index contributed by atoms with van der Waals surface area (Å²) in [5.41, 5.74) is 1.74. The first-order chi connectivity index (χ1) is 15.3. The summed E-state index contributed by atoms with van der Waals surface area (Å²) < 4.78 is 28.3. The minimum Gasteiger partial charge on any atom is -0.340 e. The van der Waals surface area contributed by atoms with Crippen LogP contribution in [0.3, 0.4) is 0 Å². The number of hydrogen-bond donors (Lipinski definition) is 1. The molecule has 1 saturated heterocycles. The molecule has 1 N–H and O–H groups in total. The van der Waals surface area contributed by atoms with Gasteiger partial charge in [-0.15, -0.1) is 0 Å². The fourth-order valence-electron chi connectivity index (χ4n) is 4.13. The molecule has 1 aliphatic rings. The van der Waals surface area contributed by atoms with E-state index in [0.29, 0.717) is 38.4 Å². The van der Waals surface area contributed by atoms with Gasteiger partial charge in [0.25, 0.3) is 5.91 Å². The Hall–Kier alpha value is -2.80. The molecule has 32 heavy (non-hydrogen) atoms. The predicted molar refractivity (Wildman–Crippen MR) is 121 cm³/mol. The average Bonchev–Trinajstić information content (AvgIpc) is 2.78. The third kappa shape index (κ3) is 5.51. The number of rotatable bonds is 7. The molecule has 172 valence electrons. The van der Waals surface area contributed by atoms with Gasteiger partial charge in [0.05, 0.1) is 5.56 Å². The Bertz CT molecular complexity index is 968. The standard InChI is InChI=1S/C25H31F2N3O2/c1-4-18(5-2)25(32)30-12-10-29(11-13-30)16-19-14-20(26)15-23(17(19)3)28-24(31)21-8-6-7-9-22(21)27/h6-9,14-15,18H,4-5,10-13,16H2,1-3H3,(H,28,31). The van der Waals surface area contributed by atoms with E-state index in [2.05, 4.69) is 10.2 Å². The second-order valence-electron chi connectivity index (χ2n) is 8.29. The highest BCUT2D eigenvalue weighted by Gasteiger charge is 2.26. The Morgan fingerprint density at radius 3 is 2.31 bits per heavy atom. The largest absolute Gasteiger partial charge is 0.340 e. The molecule has 3 rings (SSSR count). The van der Waals surface area contributed by atoms with Crippen molar-refractivity contribution >= 4 is 17.5 Å². The van der Waals surface area contributed by atoms with Gasteiger partial charge in [-0.25, -0.2) is 8.78 Å². The van der Waals surface area contributed by atoms with E-state index in [4.69, 9.17) is 0 Å². The van der Waals surface area contributed by atoms with E-state index in [9.17, 15) is 18.4 Å². The van der Waals surface area contributed by atoms with Crippen LogP contribution in [0.5, 0.6) is 0 Å².